The van der Waals surface area contributed by atoms with Crippen LogP contribution in [0.25, 0.3) is 0 Å². The number of carbonyl (C=O) groups excluding carboxylic acids is 1. The van der Waals surface area contributed by atoms with E-state index in [0.29, 0.717) is 24.0 Å². The van der Waals surface area contributed by atoms with Crippen LogP contribution in [-0.4, -0.2) is 17.0 Å². The predicted molar refractivity (Wildman–Crippen MR) is 89.4 cm³/mol. The van der Waals surface area contributed by atoms with Gasteiger partial charge in [-0.1, -0.05) is 46.8 Å². The Kier molecular flexibility index (Phi) is 3.67. The van der Waals surface area contributed by atoms with Crippen molar-refractivity contribution in [2.75, 3.05) is 0 Å². The van der Waals surface area contributed by atoms with Gasteiger partial charge in [0.05, 0.1) is 6.10 Å². The van der Waals surface area contributed by atoms with Crippen LogP contribution in [0, 0.1) is 28.6 Å². The summed E-state index contributed by atoms with van der Waals surface area (Å²) in [6.45, 7) is 11.1. The molecule has 3 rings (SSSR count). The average Bonchev–Trinajstić information content (AvgIpc) is 2.46. The normalized spacial score (nSPS) is 40.7. The van der Waals surface area contributed by atoms with Gasteiger partial charge in [-0.05, 0) is 59.0 Å². The number of ketones is 1. The Labute approximate surface area is 134 Å². The minimum atomic E-state index is -0.283. The molecule has 4 atom stereocenters. The molecule has 0 heterocycles. The summed E-state index contributed by atoms with van der Waals surface area (Å²) in [7, 11) is 0. The molecule has 122 valence electrons. The lowest BCUT2D eigenvalue weighted by Crippen LogP contribution is -2.56. The predicted octanol–water partition coefficient (Wildman–Crippen LogP) is 4.29. The number of rotatable bonds is 1. The fourth-order valence-corrected chi connectivity index (χ4v) is 5.31. The molecule has 0 aliphatic heterocycles. The van der Waals surface area contributed by atoms with E-state index in [1.807, 2.05) is 0 Å². The molecule has 3 aliphatic carbocycles. The van der Waals surface area contributed by atoms with Crippen molar-refractivity contribution in [1.82, 2.24) is 0 Å². The number of hydrogen-bond acceptors (Lipinski definition) is 2. The Morgan fingerprint density at radius 1 is 1.27 bits per heavy atom. The second kappa shape index (κ2) is 5.06. The lowest BCUT2D eigenvalue weighted by Gasteiger charge is -2.59. The van der Waals surface area contributed by atoms with Gasteiger partial charge in [-0.15, -0.1) is 0 Å². The van der Waals surface area contributed by atoms with Crippen molar-refractivity contribution < 1.29 is 9.90 Å². The summed E-state index contributed by atoms with van der Waals surface area (Å²) in [5.74, 6) is 1.43. The number of carbonyl (C=O) groups is 1. The van der Waals surface area contributed by atoms with E-state index in [1.165, 1.54) is 5.57 Å². The Bertz CT molecular complexity index is 552. The molecular weight excluding hydrogens is 272 g/mol. The number of allylic oxidation sites excluding steroid dienone is 4. The van der Waals surface area contributed by atoms with Crippen LogP contribution < -0.4 is 0 Å². The third-order valence-corrected chi connectivity index (χ3v) is 6.97. The largest absolute Gasteiger partial charge is 0.393 e. The maximum Gasteiger partial charge on any atom is 0.159 e. The molecule has 4 unspecified atom stereocenters. The topological polar surface area (TPSA) is 37.3 Å². The van der Waals surface area contributed by atoms with Crippen LogP contribution in [0.2, 0.25) is 0 Å². The standard InChI is InChI=1S/C20H30O2/c1-12(2)13-6-7-15-14(10-13)16(21)11-17-19(3,4)18(22)8-9-20(15,17)5/h6,10,12,15,17-18,22H,7-9,11H2,1-5H3. The SMILES string of the molecule is CC(C)C1=CCC2C(=C1)C(=O)CC1C(C)(C)C(O)CCC21C. The van der Waals surface area contributed by atoms with Gasteiger partial charge in [0.25, 0.3) is 0 Å². The first kappa shape index (κ1) is 16.0. The Morgan fingerprint density at radius 3 is 2.59 bits per heavy atom. The lowest BCUT2D eigenvalue weighted by atomic mass is 9.45. The minimum Gasteiger partial charge on any atom is -0.393 e. The Hall–Kier alpha value is -0.890. The molecule has 1 N–H and O–H groups in total. The van der Waals surface area contributed by atoms with E-state index in [4.69, 9.17) is 0 Å². The lowest BCUT2D eigenvalue weighted by molar-refractivity contribution is -0.145. The summed E-state index contributed by atoms with van der Waals surface area (Å²) in [6, 6.07) is 0. The summed E-state index contributed by atoms with van der Waals surface area (Å²) in [5, 5.41) is 10.4. The Balaban J connectivity index is 2.01. The third-order valence-electron chi connectivity index (χ3n) is 6.97. The molecule has 0 radical (unpaired) electrons. The first-order valence-corrected chi connectivity index (χ1v) is 8.81. The average molecular weight is 302 g/mol. The van der Waals surface area contributed by atoms with Crippen LogP contribution in [0.5, 0.6) is 0 Å². The monoisotopic (exact) mass is 302 g/mol. The molecule has 2 heteroatoms. The molecule has 2 fully saturated rings. The van der Waals surface area contributed by atoms with Gasteiger partial charge in [-0.3, -0.25) is 4.79 Å². The quantitative estimate of drug-likeness (QED) is 0.784. The van der Waals surface area contributed by atoms with Crippen molar-refractivity contribution in [3.8, 4) is 0 Å². The van der Waals surface area contributed by atoms with Gasteiger partial charge in [-0.25, -0.2) is 0 Å². The van der Waals surface area contributed by atoms with Crippen LogP contribution in [0.15, 0.2) is 23.3 Å². The van der Waals surface area contributed by atoms with Gasteiger partial charge in [0.15, 0.2) is 5.78 Å². The highest BCUT2D eigenvalue weighted by molar-refractivity contribution is 5.98. The zero-order valence-electron chi connectivity index (χ0n) is 14.6. The van der Waals surface area contributed by atoms with Crippen LogP contribution in [-0.2, 0) is 4.79 Å². The van der Waals surface area contributed by atoms with Gasteiger partial charge in [0, 0.05) is 6.42 Å². The maximum absolute atomic E-state index is 12.8. The molecule has 0 aromatic carbocycles. The molecule has 2 nitrogen and oxygen atoms in total. The molecule has 0 amide bonds. The molecular formula is C20H30O2. The highest BCUT2D eigenvalue weighted by atomic mass is 16.3. The summed E-state index contributed by atoms with van der Waals surface area (Å²) in [4.78, 5) is 12.8. The first-order valence-electron chi connectivity index (χ1n) is 8.81. The highest BCUT2D eigenvalue weighted by Gasteiger charge is 2.58. The van der Waals surface area contributed by atoms with Crippen LogP contribution in [0.3, 0.4) is 0 Å². The van der Waals surface area contributed by atoms with Gasteiger partial charge in [0.2, 0.25) is 0 Å². The first-order chi connectivity index (χ1) is 10.2. The second-order valence-corrected chi connectivity index (χ2v) is 8.81. The van der Waals surface area contributed by atoms with Crippen molar-refractivity contribution in [3.63, 3.8) is 0 Å². The molecule has 22 heavy (non-hydrogen) atoms. The zero-order valence-corrected chi connectivity index (χ0v) is 14.6. The summed E-state index contributed by atoms with van der Waals surface area (Å²) < 4.78 is 0. The van der Waals surface area contributed by atoms with E-state index >= 15 is 0 Å². The van der Waals surface area contributed by atoms with Crippen molar-refractivity contribution in [2.45, 2.75) is 66.4 Å². The third kappa shape index (κ3) is 2.14. The number of aliphatic hydroxyl groups is 1. The van der Waals surface area contributed by atoms with E-state index in [-0.39, 0.29) is 22.9 Å². The molecule has 0 bridgehead atoms. The highest BCUT2D eigenvalue weighted by Crippen LogP contribution is 2.61. The van der Waals surface area contributed by atoms with E-state index in [1.54, 1.807) is 0 Å². The smallest absolute Gasteiger partial charge is 0.159 e. The Morgan fingerprint density at radius 2 is 1.95 bits per heavy atom. The van der Waals surface area contributed by atoms with Crippen molar-refractivity contribution >= 4 is 5.78 Å². The van der Waals surface area contributed by atoms with Gasteiger partial charge in [-0.2, -0.15) is 0 Å². The number of aliphatic hydroxyl groups excluding tert-OH is 1. The molecule has 0 aromatic heterocycles. The zero-order chi connectivity index (χ0) is 16.3. The number of fused-ring (bicyclic) bond motifs is 3. The van der Waals surface area contributed by atoms with E-state index < -0.39 is 0 Å². The maximum atomic E-state index is 12.8. The van der Waals surface area contributed by atoms with E-state index in [9.17, 15) is 9.90 Å². The van der Waals surface area contributed by atoms with Crippen molar-refractivity contribution in [1.29, 1.82) is 0 Å². The molecule has 0 saturated heterocycles. The number of hydrogen-bond donors (Lipinski definition) is 1. The van der Waals surface area contributed by atoms with Gasteiger partial charge >= 0.3 is 0 Å². The second-order valence-electron chi connectivity index (χ2n) is 8.81. The fourth-order valence-electron chi connectivity index (χ4n) is 5.31. The van der Waals surface area contributed by atoms with E-state index in [0.717, 1.165) is 24.8 Å². The summed E-state index contributed by atoms with van der Waals surface area (Å²) in [5.41, 5.74) is 2.35. The molecule has 0 aromatic rings. The van der Waals surface area contributed by atoms with Gasteiger partial charge < -0.3 is 5.11 Å². The van der Waals surface area contributed by atoms with Crippen molar-refractivity contribution in [2.24, 2.45) is 28.6 Å². The summed E-state index contributed by atoms with van der Waals surface area (Å²) in [6.07, 6.45) is 7.73. The van der Waals surface area contributed by atoms with Gasteiger partial charge in [0.1, 0.15) is 0 Å². The summed E-state index contributed by atoms with van der Waals surface area (Å²) >= 11 is 0. The van der Waals surface area contributed by atoms with Crippen LogP contribution in [0.4, 0.5) is 0 Å². The molecule has 2 saturated carbocycles. The van der Waals surface area contributed by atoms with Crippen LogP contribution >= 0.6 is 0 Å². The minimum absolute atomic E-state index is 0.140. The van der Waals surface area contributed by atoms with Crippen LogP contribution in [0.1, 0.15) is 60.3 Å². The van der Waals surface area contributed by atoms with E-state index in [2.05, 4.69) is 46.8 Å². The number of Topliss-reactive ketones (excluding diaryl/α,β-unsaturated/α-hetero) is 1. The fraction of sp³-hybridized carbons (Fsp3) is 0.750. The van der Waals surface area contributed by atoms with Crippen molar-refractivity contribution in [3.05, 3.63) is 23.3 Å². The molecule has 3 aliphatic rings. The molecule has 0 spiro atoms.